The predicted octanol–water partition coefficient (Wildman–Crippen LogP) is 10.4. The topological polar surface area (TPSA) is 43.1 Å². The molecule has 0 N–H and O–H groups in total. The molecule has 0 aliphatic rings. The monoisotopic (exact) mass is 578 g/mol. The first-order valence-corrected chi connectivity index (χ1v) is 15.5. The van der Waals surface area contributed by atoms with Crippen LogP contribution in [0.5, 0.6) is 0 Å². The summed E-state index contributed by atoms with van der Waals surface area (Å²) in [7, 11) is 0. The molecule has 44 heavy (non-hydrogen) atoms. The van der Waals surface area contributed by atoms with E-state index >= 15 is 0 Å². The van der Waals surface area contributed by atoms with Crippen molar-refractivity contribution < 1.29 is 0 Å². The standard InChI is InChI=1S/C39H22N4S/c1-3-11-24(12-4-1)36-40-37(25-13-5-2-6-14-25)42-38(41-36)29-18-10-20-31-33(29)34-28-17-9-15-23-21-22-27-26-16-7-8-19-30(26)43(39(34)44-31)35(27)32(23)28/h1-22H. The molecule has 5 heteroatoms. The molecule has 0 saturated heterocycles. The molecule has 6 aromatic carbocycles. The van der Waals surface area contributed by atoms with Crippen molar-refractivity contribution in [1.29, 1.82) is 0 Å². The normalized spacial score (nSPS) is 12.1. The SMILES string of the molecule is c1ccc(-c2nc(-c3ccccc3)nc(-c3cccc4sc5c(c6cccc7ccc8c9ccccc9n5c8c76)c34)n2)cc1. The number of pyridine rings is 1. The summed E-state index contributed by atoms with van der Waals surface area (Å²) in [6, 6.07) is 46.9. The zero-order valence-electron chi connectivity index (χ0n) is 23.4. The summed E-state index contributed by atoms with van der Waals surface area (Å²) < 4.78 is 3.70. The van der Waals surface area contributed by atoms with Crippen LogP contribution >= 0.6 is 11.3 Å². The Morgan fingerprint density at radius 2 is 1.11 bits per heavy atom. The van der Waals surface area contributed by atoms with E-state index in [1.165, 1.54) is 58.3 Å². The Labute approximate surface area is 255 Å². The van der Waals surface area contributed by atoms with Gasteiger partial charge in [-0.15, -0.1) is 11.3 Å². The van der Waals surface area contributed by atoms with E-state index in [-0.39, 0.29) is 0 Å². The van der Waals surface area contributed by atoms with Crippen LogP contribution in [0.2, 0.25) is 0 Å². The second-order valence-corrected chi connectivity index (χ2v) is 12.2. The lowest BCUT2D eigenvalue weighted by atomic mass is 9.97. The molecule has 0 amide bonds. The third-order valence-corrected chi connectivity index (χ3v) is 9.93. The summed E-state index contributed by atoms with van der Waals surface area (Å²) >= 11 is 1.84. The molecule has 10 aromatic rings. The van der Waals surface area contributed by atoms with Crippen molar-refractivity contribution in [2.75, 3.05) is 0 Å². The molecule has 204 valence electrons. The number of aromatic nitrogens is 4. The zero-order chi connectivity index (χ0) is 28.8. The van der Waals surface area contributed by atoms with Gasteiger partial charge in [0.05, 0.1) is 11.0 Å². The van der Waals surface area contributed by atoms with E-state index in [0.29, 0.717) is 17.5 Å². The van der Waals surface area contributed by atoms with E-state index in [9.17, 15) is 0 Å². The van der Waals surface area contributed by atoms with Crippen LogP contribution in [0.25, 0.3) is 92.4 Å². The predicted molar refractivity (Wildman–Crippen MR) is 184 cm³/mol. The van der Waals surface area contributed by atoms with E-state index in [1.807, 2.05) is 47.7 Å². The van der Waals surface area contributed by atoms with Gasteiger partial charge < -0.3 is 0 Å². The van der Waals surface area contributed by atoms with Gasteiger partial charge in [0.1, 0.15) is 4.83 Å². The zero-order valence-corrected chi connectivity index (χ0v) is 24.2. The number of thiophene rings is 1. The number of para-hydroxylation sites is 1. The Bertz CT molecular complexity index is 2650. The lowest BCUT2D eigenvalue weighted by Crippen LogP contribution is -2.00. The van der Waals surface area contributed by atoms with Crippen molar-refractivity contribution in [3.8, 4) is 34.2 Å². The van der Waals surface area contributed by atoms with Gasteiger partial charge in [-0.2, -0.15) is 0 Å². The minimum atomic E-state index is 0.668. The fourth-order valence-corrected chi connectivity index (χ4v) is 8.17. The smallest absolute Gasteiger partial charge is 0.164 e. The van der Waals surface area contributed by atoms with E-state index < -0.39 is 0 Å². The summed E-state index contributed by atoms with van der Waals surface area (Å²) in [6.07, 6.45) is 0. The van der Waals surface area contributed by atoms with Crippen LogP contribution in [-0.2, 0) is 0 Å². The number of rotatable bonds is 3. The van der Waals surface area contributed by atoms with Crippen molar-refractivity contribution >= 4 is 69.6 Å². The third kappa shape index (κ3) is 3.24. The lowest BCUT2D eigenvalue weighted by Gasteiger charge is -2.12. The molecule has 0 bridgehead atoms. The van der Waals surface area contributed by atoms with Gasteiger partial charge >= 0.3 is 0 Å². The highest BCUT2D eigenvalue weighted by Gasteiger charge is 2.23. The van der Waals surface area contributed by atoms with E-state index in [1.54, 1.807) is 0 Å². The molecule has 4 aromatic heterocycles. The number of fused-ring (bicyclic) bond motifs is 8. The van der Waals surface area contributed by atoms with Crippen LogP contribution in [0.1, 0.15) is 0 Å². The Morgan fingerprint density at radius 3 is 1.89 bits per heavy atom. The maximum atomic E-state index is 5.13. The summed E-state index contributed by atoms with van der Waals surface area (Å²) in [5.41, 5.74) is 5.47. The van der Waals surface area contributed by atoms with Gasteiger partial charge in [-0.1, -0.05) is 121 Å². The Kier molecular flexibility index (Phi) is 4.84. The van der Waals surface area contributed by atoms with Crippen LogP contribution in [-0.4, -0.2) is 19.4 Å². The van der Waals surface area contributed by atoms with Gasteiger partial charge in [-0.05, 0) is 22.9 Å². The average molecular weight is 579 g/mol. The van der Waals surface area contributed by atoms with Gasteiger partial charge in [0.25, 0.3) is 0 Å². The van der Waals surface area contributed by atoms with Crippen LogP contribution in [0, 0.1) is 0 Å². The van der Waals surface area contributed by atoms with Crippen molar-refractivity contribution in [1.82, 2.24) is 19.4 Å². The molecule has 10 rings (SSSR count). The molecule has 0 atom stereocenters. The largest absolute Gasteiger partial charge is 0.299 e. The molecule has 0 aliphatic heterocycles. The van der Waals surface area contributed by atoms with Crippen molar-refractivity contribution in [2.24, 2.45) is 0 Å². The minimum absolute atomic E-state index is 0.668. The number of hydrogen-bond donors (Lipinski definition) is 0. The summed E-state index contributed by atoms with van der Waals surface area (Å²) in [4.78, 5) is 16.4. The molecule has 0 radical (unpaired) electrons. The van der Waals surface area contributed by atoms with Crippen molar-refractivity contribution in [3.05, 3.63) is 133 Å². The fourth-order valence-electron chi connectivity index (χ4n) is 6.90. The first-order valence-electron chi connectivity index (χ1n) is 14.7. The van der Waals surface area contributed by atoms with Gasteiger partial charge in [0, 0.05) is 48.3 Å². The molecule has 0 fully saturated rings. The van der Waals surface area contributed by atoms with Gasteiger partial charge in [-0.3, -0.25) is 4.40 Å². The van der Waals surface area contributed by atoms with Crippen molar-refractivity contribution in [2.45, 2.75) is 0 Å². The minimum Gasteiger partial charge on any atom is -0.299 e. The first kappa shape index (κ1) is 23.9. The summed E-state index contributed by atoms with van der Waals surface area (Å²) in [6.45, 7) is 0. The Hall–Kier alpha value is -5.65. The van der Waals surface area contributed by atoms with E-state index in [2.05, 4.69) is 101 Å². The van der Waals surface area contributed by atoms with Crippen LogP contribution < -0.4 is 0 Å². The third-order valence-electron chi connectivity index (χ3n) is 8.79. The highest BCUT2D eigenvalue weighted by Crippen LogP contribution is 2.48. The van der Waals surface area contributed by atoms with E-state index in [4.69, 9.17) is 15.0 Å². The molecule has 4 heterocycles. The highest BCUT2D eigenvalue weighted by atomic mass is 32.1. The van der Waals surface area contributed by atoms with E-state index in [0.717, 1.165) is 16.7 Å². The molecule has 0 unspecified atom stereocenters. The summed E-state index contributed by atoms with van der Waals surface area (Å²) in [5, 5.41) is 8.81. The van der Waals surface area contributed by atoms with Crippen LogP contribution in [0.15, 0.2) is 133 Å². The molecule has 0 aliphatic carbocycles. The second kappa shape index (κ2) is 8.93. The number of hydrogen-bond acceptors (Lipinski definition) is 4. The first-order chi connectivity index (χ1) is 21.8. The Balaban J connectivity index is 1.38. The summed E-state index contributed by atoms with van der Waals surface area (Å²) in [5.74, 6) is 2.01. The molecule has 0 saturated carbocycles. The van der Waals surface area contributed by atoms with Crippen molar-refractivity contribution in [3.63, 3.8) is 0 Å². The quantitative estimate of drug-likeness (QED) is 0.209. The number of nitrogens with zero attached hydrogens (tertiary/aromatic N) is 4. The highest BCUT2D eigenvalue weighted by molar-refractivity contribution is 7.25. The van der Waals surface area contributed by atoms with Crippen LogP contribution in [0.4, 0.5) is 0 Å². The lowest BCUT2D eigenvalue weighted by molar-refractivity contribution is 1.08. The fraction of sp³-hybridized carbons (Fsp3) is 0. The Morgan fingerprint density at radius 1 is 0.455 bits per heavy atom. The van der Waals surface area contributed by atoms with Gasteiger partial charge in [0.15, 0.2) is 17.5 Å². The van der Waals surface area contributed by atoms with Crippen LogP contribution in [0.3, 0.4) is 0 Å². The average Bonchev–Trinajstić information content (AvgIpc) is 3.65. The molecular weight excluding hydrogens is 557 g/mol. The van der Waals surface area contributed by atoms with Gasteiger partial charge in [0.2, 0.25) is 0 Å². The molecular formula is C39H22N4S. The number of benzene rings is 6. The molecule has 0 spiro atoms. The van der Waals surface area contributed by atoms with Gasteiger partial charge in [-0.25, -0.2) is 15.0 Å². The second-order valence-electron chi connectivity index (χ2n) is 11.2. The maximum absolute atomic E-state index is 5.13. The molecule has 4 nitrogen and oxygen atoms in total. The maximum Gasteiger partial charge on any atom is 0.164 e.